The van der Waals surface area contributed by atoms with Crippen molar-refractivity contribution in [3.05, 3.63) is 42.2 Å². The van der Waals surface area contributed by atoms with Crippen molar-refractivity contribution >= 4 is 5.78 Å². The van der Waals surface area contributed by atoms with Crippen LogP contribution < -0.4 is 0 Å². The number of nitrogens with zero attached hydrogens (tertiary/aromatic N) is 3. The van der Waals surface area contributed by atoms with Gasteiger partial charge in [-0.05, 0) is 18.6 Å². The van der Waals surface area contributed by atoms with Gasteiger partial charge in [-0.3, -0.25) is 4.79 Å². The van der Waals surface area contributed by atoms with Crippen LogP contribution in [-0.4, -0.2) is 20.8 Å². The molecule has 0 bridgehead atoms. The minimum Gasteiger partial charge on any atom is -0.292 e. The third-order valence-corrected chi connectivity index (χ3v) is 2.83. The molecule has 0 spiro atoms. The fourth-order valence-electron chi connectivity index (χ4n) is 1.52. The highest BCUT2D eigenvalue weighted by atomic mass is 16.1. The van der Waals surface area contributed by atoms with Gasteiger partial charge in [-0.2, -0.15) is 0 Å². The monoisotopic (exact) mass is 229 g/mol. The molecule has 4 heteroatoms. The molecule has 0 N–H and O–H groups in total. The lowest BCUT2D eigenvalue weighted by atomic mass is 10.0. The molecule has 0 aliphatic heterocycles. The van der Waals surface area contributed by atoms with Crippen LogP contribution in [0.5, 0.6) is 0 Å². The third kappa shape index (κ3) is 2.41. The summed E-state index contributed by atoms with van der Waals surface area (Å²) >= 11 is 0. The van der Waals surface area contributed by atoms with Gasteiger partial charge in [0.2, 0.25) is 0 Å². The van der Waals surface area contributed by atoms with Gasteiger partial charge >= 0.3 is 0 Å². The van der Waals surface area contributed by atoms with Crippen LogP contribution in [-0.2, 0) is 0 Å². The average molecular weight is 229 g/mol. The standard InChI is InChI=1S/C13H15N3O/c1-3-10(2)13(17)12-9-16(15-14-12)11-7-5-4-6-8-11/h4-10H,3H2,1-2H3. The molecule has 1 unspecified atom stereocenters. The maximum atomic E-state index is 11.9. The first-order valence-corrected chi connectivity index (χ1v) is 5.74. The van der Waals surface area contributed by atoms with E-state index in [-0.39, 0.29) is 11.7 Å². The number of hydrogen-bond donors (Lipinski definition) is 0. The molecule has 4 nitrogen and oxygen atoms in total. The van der Waals surface area contributed by atoms with Gasteiger partial charge in [0.1, 0.15) is 5.69 Å². The Balaban J connectivity index is 2.25. The second-order valence-electron chi connectivity index (χ2n) is 4.06. The number of para-hydroxylation sites is 1. The first-order chi connectivity index (χ1) is 8.22. The Bertz CT molecular complexity index is 504. The van der Waals surface area contributed by atoms with Crippen LogP contribution >= 0.6 is 0 Å². The molecule has 1 aromatic carbocycles. The molecule has 0 fully saturated rings. The quantitative estimate of drug-likeness (QED) is 0.757. The summed E-state index contributed by atoms with van der Waals surface area (Å²) in [5.41, 5.74) is 1.34. The van der Waals surface area contributed by atoms with Gasteiger partial charge in [-0.15, -0.1) is 5.10 Å². The van der Waals surface area contributed by atoms with Crippen molar-refractivity contribution in [2.24, 2.45) is 5.92 Å². The molecule has 0 saturated carbocycles. The van der Waals surface area contributed by atoms with Crippen molar-refractivity contribution < 1.29 is 4.79 Å². The van der Waals surface area contributed by atoms with Gasteiger partial charge in [-0.25, -0.2) is 4.68 Å². The van der Waals surface area contributed by atoms with E-state index in [1.807, 2.05) is 44.2 Å². The average Bonchev–Trinajstić information content (AvgIpc) is 2.87. The molecule has 0 radical (unpaired) electrons. The van der Waals surface area contributed by atoms with Crippen LogP contribution in [0.4, 0.5) is 0 Å². The van der Waals surface area contributed by atoms with Gasteiger partial charge in [0.25, 0.3) is 0 Å². The minimum atomic E-state index is -0.00377. The summed E-state index contributed by atoms with van der Waals surface area (Å²) in [4.78, 5) is 11.9. The van der Waals surface area contributed by atoms with E-state index in [2.05, 4.69) is 10.3 Å². The molecule has 0 aliphatic rings. The van der Waals surface area contributed by atoms with E-state index in [1.54, 1.807) is 10.9 Å². The van der Waals surface area contributed by atoms with Crippen molar-refractivity contribution in [3.63, 3.8) is 0 Å². The summed E-state index contributed by atoms with van der Waals surface area (Å²) in [5, 5.41) is 7.89. The Morgan fingerprint density at radius 1 is 1.35 bits per heavy atom. The number of benzene rings is 1. The minimum absolute atomic E-state index is 0.00377. The highest BCUT2D eigenvalue weighted by molar-refractivity contribution is 5.95. The number of Topliss-reactive ketones (excluding diaryl/α,β-unsaturated/α-hetero) is 1. The number of ketones is 1. The SMILES string of the molecule is CCC(C)C(=O)c1cn(-c2ccccc2)nn1. The largest absolute Gasteiger partial charge is 0.292 e. The Labute approximate surface area is 100 Å². The van der Waals surface area contributed by atoms with Crippen LogP contribution in [0, 0.1) is 5.92 Å². The molecule has 1 atom stereocenters. The smallest absolute Gasteiger partial charge is 0.187 e. The molecule has 88 valence electrons. The highest BCUT2D eigenvalue weighted by Gasteiger charge is 2.16. The molecular formula is C13H15N3O. The van der Waals surface area contributed by atoms with Crippen LogP contribution in [0.15, 0.2) is 36.5 Å². The summed E-state index contributed by atoms with van der Waals surface area (Å²) in [6, 6.07) is 9.63. The van der Waals surface area contributed by atoms with Crippen molar-refractivity contribution in [1.82, 2.24) is 15.0 Å². The van der Waals surface area contributed by atoms with Crippen molar-refractivity contribution in [2.45, 2.75) is 20.3 Å². The maximum absolute atomic E-state index is 11.9. The molecule has 17 heavy (non-hydrogen) atoms. The van der Waals surface area contributed by atoms with Crippen molar-refractivity contribution in [3.8, 4) is 5.69 Å². The van der Waals surface area contributed by atoms with E-state index in [9.17, 15) is 4.79 Å². The number of hydrogen-bond acceptors (Lipinski definition) is 3. The zero-order chi connectivity index (χ0) is 12.3. The molecule has 0 amide bonds. The van der Waals surface area contributed by atoms with Gasteiger partial charge < -0.3 is 0 Å². The van der Waals surface area contributed by atoms with Gasteiger partial charge in [0.05, 0.1) is 11.9 Å². The topological polar surface area (TPSA) is 47.8 Å². The fraction of sp³-hybridized carbons (Fsp3) is 0.308. The Kier molecular flexibility index (Phi) is 3.32. The van der Waals surface area contributed by atoms with Gasteiger partial charge in [0.15, 0.2) is 5.78 Å². The highest BCUT2D eigenvalue weighted by Crippen LogP contribution is 2.11. The molecule has 1 aromatic heterocycles. The van der Waals surface area contributed by atoms with Gasteiger partial charge in [0, 0.05) is 5.92 Å². The van der Waals surface area contributed by atoms with Crippen molar-refractivity contribution in [2.75, 3.05) is 0 Å². The van der Waals surface area contributed by atoms with Gasteiger partial charge in [-0.1, -0.05) is 37.3 Å². The molecule has 0 aliphatic carbocycles. The zero-order valence-corrected chi connectivity index (χ0v) is 10.00. The molecule has 2 rings (SSSR count). The summed E-state index contributed by atoms with van der Waals surface area (Å²) in [5.74, 6) is 0.0469. The van der Waals surface area contributed by atoms with Crippen LogP contribution in [0.25, 0.3) is 5.69 Å². The van der Waals surface area contributed by atoms with E-state index >= 15 is 0 Å². The molecule has 1 heterocycles. The van der Waals surface area contributed by atoms with E-state index < -0.39 is 0 Å². The molecule has 0 saturated heterocycles. The normalized spacial score (nSPS) is 12.4. The summed E-state index contributed by atoms with van der Waals surface area (Å²) < 4.78 is 1.62. The molecular weight excluding hydrogens is 214 g/mol. The fourth-order valence-corrected chi connectivity index (χ4v) is 1.52. The van der Waals surface area contributed by atoms with Crippen molar-refractivity contribution in [1.29, 1.82) is 0 Å². The van der Waals surface area contributed by atoms with E-state index in [4.69, 9.17) is 0 Å². The molecule has 2 aromatic rings. The van der Waals surface area contributed by atoms with E-state index in [0.29, 0.717) is 5.69 Å². The summed E-state index contributed by atoms with van der Waals surface area (Å²) in [6.45, 7) is 3.90. The first kappa shape index (κ1) is 11.5. The first-order valence-electron chi connectivity index (χ1n) is 5.74. The van der Waals surface area contributed by atoms with Crippen LogP contribution in [0.1, 0.15) is 30.8 Å². The number of carbonyl (C=O) groups excluding carboxylic acids is 1. The lowest BCUT2D eigenvalue weighted by Gasteiger charge is -2.02. The predicted octanol–water partition coefficient (Wildman–Crippen LogP) is 2.50. The lowest BCUT2D eigenvalue weighted by molar-refractivity contribution is 0.0922. The second kappa shape index (κ2) is 4.91. The van der Waals surface area contributed by atoms with E-state index in [0.717, 1.165) is 12.1 Å². The number of rotatable bonds is 4. The Morgan fingerprint density at radius 3 is 2.71 bits per heavy atom. The summed E-state index contributed by atoms with van der Waals surface area (Å²) in [7, 11) is 0. The number of aromatic nitrogens is 3. The zero-order valence-electron chi connectivity index (χ0n) is 10.00. The summed E-state index contributed by atoms with van der Waals surface area (Å²) in [6.07, 6.45) is 2.50. The maximum Gasteiger partial charge on any atom is 0.187 e. The third-order valence-electron chi connectivity index (χ3n) is 2.83. The number of carbonyl (C=O) groups is 1. The second-order valence-corrected chi connectivity index (χ2v) is 4.06. The van der Waals surface area contributed by atoms with Crippen LogP contribution in [0.2, 0.25) is 0 Å². The Morgan fingerprint density at radius 2 is 2.06 bits per heavy atom. The van der Waals surface area contributed by atoms with E-state index in [1.165, 1.54) is 0 Å². The Hall–Kier alpha value is -1.97. The predicted molar refractivity (Wildman–Crippen MR) is 65.1 cm³/mol. The van der Waals surface area contributed by atoms with Crippen LogP contribution in [0.3, 0.4) is 0 Å². The lowest BCUT2D eigenvalue weighted by Crippen LogP contribution is -2.10.